The molecule has 0 aliphatic carbocycles. The van der Waals surface area contributed by atoms with Gasteiger partial charge >= 0.3 is 17.9 Å². The highest BCUT2D eigenvalue weighted by molar-refractivity contribution is 5.90. The van der Waals surface area contributed by atoms with Gasteiger partial charge in [0.15, 0.2) is 11.6 Å². The maximum atomic E-state index is 14.3. The second-order valence-electron chi connectivity index (χ2n) is 7.56. The van der Waals surface area contributed by atoms with Crippen LogP contribution in [0.25, 0.3) is 6.08 Å². The molecule has 0 aliphatic heterocycles. The first-order valence-corrected chi connectivity index (χ1v) is 10.5. The van der Waals surface area contributed by atoms with Crippen LogP contribution < -0.4 is 14.2 Å². The highest BCUT2D eigenvalue weighted by Crippen LogP contribution is 2.25. The third-order valence-corrected chi connectivity index (χ3v) is 4.43. The van der Waals surface area contributed by atoms with E-state index in [0.29, 0.717) is 11.5 Å². The first kappa shape index (κ1) is 27.7. The Labute approximate surface area is 206 Å². The summed E-state index contributed by atoms with van der Waals surface area (Å²) in [5, 5.41) is 0. The maximum absolute atomic E-state index is 14.3. The van der Waals surface area contributed by atoms with Gasteiger partial charge in [0.2, 0.25) is 5.82 Å². The van der Waals surface area contributed by atoms with Crippen LogP contribution >= 0.6 is 0 Å². The molecule has 9 heteroatoms. The topological polar surface area (TPSA) is 88.1 Å². The van der Waals surface area contributed by atoms with Crippen molar-refractivity contribution in [2.75, 3.05) is 0 Å². The molecule has 0 aromatic heterocycles. The molecule has 2 aromatic rings. The van der Waals surface area contributed by atoms with E-state index in [0.717, 1.165) is 24.3 Å². The molecule has 188 valence electrons. The molecule has 2 rings (SSSR count). The average molecular weight is 498 g/mol. The normalized spacial score (nSPS) is 11.4. The monoisotopic (exact) mass is 498 g/mol. The molecule has 0 saturated carbocycles. The van der Waals surface area contributed by atoms with E-state index in [-0.39, 0.29) is 28.2 Å². The molecule has 0 spiro atoms. The first-order valence-electron chi connectivity index (χ1n) is 10.5. The molecule has 0 unspecified atom stereocenters. The minimum absolute atomic E-state index is 0.0203. The summed E-state index contributed by atoms with van der Waals surface area (Å²) in [4.78, 5) is 35.2. The van der Waals surface area contributed by atoms with Gasteiger partial charge in [0.1, 0.15) is 23.0 Å². The summed E-state index contributed by atoms with van der Waals surface area (Å²) in [7, 11) is 0. The summed E-state index contributed by atoms with van der Waals surface area (Å²) >= 11 is 0. The van der Waals surface area contributed by atoms with Gasteiger partial charge in [-0.05, 0) is 70.2 Å². The Morgan fingerprint density at radius 3 is 1.83 bits per heavy atom. The van der Waals surface area contributed by atoms with Crippen molar-refractivity contribution in [2.45, 2.75) is 27.7 Å². The molecule has 0 fully saturated rings. The fourth-order valence-corrected chi connectivity index (χ4v) is 2.37. The number of ether oxygens (including phenoxy) is 4. The van der Waals surface area contributed by atoms with Crippen molar-refractivity contribution >= 4 is 24.0 Å². The molecule has 0 radical (unpaired) electrons. The van der Waals surface area contributed by atoms with Crippen LogP contribution in [0.5, 0.6) is 17.2 Å². The van der Waals surface area contributed by atoms with Crippen molar-refractivity contribution in [3.63, 3.8) is 0 Å². The zero-order valence-corrected chi connectivity index (χ0v) is 20.1. The lowest BCUT2D eigenvalue weighted by atomic mass is 10.1. The largest absolute Gasteiger partial charge is 0.459 e. The van der Waals surface area contributed by atoms with Crippen molar-refractivity contribution in [2.24, 2.45) is 0 Å². The molecule has 0 amide bonds. The first-order chi connectivity index (χ1) is 16.9. The summed E-state index contributed by atoms with van der Waals surface area (Å²) in [6.45, 7) is 12.9. The molecule has 36 heavy (non-hydrogen) atoms. The third-order valence-electron chi connectivity index (χ3n) is 4.43. The van der Waals surface area contributed by atoms with E-state index in [1.54, 1.807) is 13.8 Å². The Kier molecular flexibility index (Phi) is 9.43. The van der Waals surface area contributed by atoms with Crippen LogP contribution in [0.2, 0.25) is 0 Å². The molecule has 0 aliphatic rings. The Balaban J connectivity index is 2.01. The number of halogens is 2. The molecule has 0 bridgehead atoms. The predicted octanol–water partition coefficient (Wildman–Crippen LogP) is 5.81. The van der Waals surface area contributed by atoms with E-state index in [2.05, 4.69) is 13.2 Å². The minimum Gasteiger partial charge on any atom is -0.459 e. The van der Waals surface area contributed by atoms with Gasteiger partial charge in [0, 0.05) is 22.8 Å². The Morgan fingerprint density at radius 2 is 1.28 bits per heavy atom. The van der Waals surface area contributed by atoms with E-state index < -0.39 is 35.3 Å². The Bertz CT molecular complexity index is 1270. The molecule has 7 nitrogen and oxygen atoms in total. The molecule has 0 N–H and O–H groups in total. The van der Waals surface area contributed by atoms with E-state index in [1.165, 1.54) is 38.1 Å². The van der Waals surface area contributed by atoms with Crippen LogP contribution in [-0.4, -0.2) is 17.9 Å². The number of hydrogen-bond donors (Lipinski definition) is 0. The van der Waals surface area contributed by atoms with Crippen LogP contribution in [0, 0.1) is 11.6 Å². The fourth-order valence-electron chi connectivity index (χ4n) is 2.37. The smallest absolute Gasteiger partial charge is 0.338 e. The number of rotatable bonds is 9. The summed E-state index contributed by atoms with van der Waals surface area (Å²) in [5.74, 6) is -4.46. The zero-order chi connectivity index (χ0) is 27.0. The molecule has 0 saturated heterocycles. The number of hydrogen-bond acceptors (Lipinski definition) is 7. The number of esters is 3. The number of carbonyl (C=O) groups excluding carboxylic acids is 3. The maximum Gasteiger partial charge on any atom is 0.338 e. The average Bonchev–Trinajstić information content (AvgIpc) is 2.82. The van der Waals surface area contributed by atoms with Crippen molar-refractivity contribution < 1.29 is 42.1 Å². The van der Waals surface area contributed by atoms with Gasteiger partial charge in [0.05, 0.1) is 0 Å². The quantitative estimate of drug-likeness (QED) is 0.186. The lowest BCUT2D eigenvalue weighted by Crippen LogP contribution is -2.10. The lowest BCUT2D eigenvalue weighted by Gasteiger charge is -2.11. The van der Waals surface area contributed by atoms with Crippen LogP contribution in [-0.2, 0) is 19.1 Å². The van der Waals surface area contributed by atoms with Gasteiger partial charge in [-0.2, -0.15) is 4.39 Å². The SMILES string of the molecule is C=C(C)C(=O)O/C(C)=C(\C)Oc1ccc(OC(=O)/C=C/c2ccc(OC(=O)C(=C)C)c(F)c2F)cc1. The highest BCUT2D eigenvalue weighted by Gasteiger charge is 2.16. The minimum atomic E-state index is -1.38. The second-order valence-corrected chi connectivity index (χ2v) is 7.56. The highest BCUT2D eigenvalue weighted by atomic mass is 19.2. The number of allylic oxidation sites excluding steroid dienone is 2. The third kappa shape index (κ3) is 7.76. The van der Waals surface area contributed by atoms with Gasteiger partial charge in [-0.1, -0.05) is 13.2 Å². The number of carbonyl (C=O) groups is 3. The standard InChI is InChI=1S/C27H24F2O7/c1-15(2)26(31)34-18(6)17(5)33-20-9-11-21(12-10-20)35-23(30)14-8-19-7-13-22(25(29)24(19)28)36-27(32)16(3)4/h7-14H,1,3H2,2,4-6H3/b14-8+,18-17+. The molecule has 0 atom stereocenters. The molecular weight excluding hydrogens is 474 g/mol. The van der Waals surface area contributed by atoms with E-state index >= 15 is 0 Å². The summed E-state index contributed by atoms with van der Waals surface area (Å²) in [6, 6.07) is 8.14. The van der Waals surface area contributed by atoms with Crippen molar-refractivity contribution in [3.8, 4) is 17.2 Å². The zero-order valence-electron chi connectivity index (χ0n) is 20.1. The van der Waals surface area contributed by atoms with Crippen molar-refractivity contribution in [1.29, 1.82) is 0 Å². The predicted molar refractivity (Wildman–Crippen MR) is 128 cm³/mol. The van der Waals surface area contributed by atoms with Crippen LogP contribution in [0.1, 0.15) is 33.3 Å². The Morgan fingerprint density at radius 1 is 0.722 bits per heavy atom. The van der Waals surface area contributed by atoms with Crippen molar-refractivity contribution in [1.82, 2.24) is 0 Å². The lowest BCUT2D eigenvalue weighted by molar-refractivity contribution is -0.135. The molecule has 2 aromatic carbocycles. The van der Waals surface area contributed by atoms with E-state index in [1.807, 2.05) is 0 Å². The summed E-state index contributed by atoms with van der Waals surface area (Å²) in [6.07, 6.45) is 1.93. The Hall–Kier alpha value is -4.53. The van der Waals surface area contributed by atoms with Crippen LogP contribution in [0.15, 0.2) is 78.3 Å². The summed E-state index contributed by atoms with van der Waals surface area (Å²) in [5.41, 5.74) is 0.0107. The second kappa shape index (κ2) is 12.3. The van der Waals surface area contributed by atoms with Gasteiger partial charge in [-0.25, -0.2) is 18.8 Å². The molecular formula is C27H24F2O7. The van der Waals surface area contributed by atoms with Crippen LogP contribution in [0.3, 0.4) is 0 Å². The van der Waals surface area contributed by atoms with Crippen LogP contribution in [0.4, 0.5) is 8.78 Å². The van der Waals surface area contributed by atoms with Gasteiger partial charge < -0.3 is 18.9 Å². The van der Waals surface area contributed by atoms with Gasteiger partial charge in [0.25, 0.3) is 0 Å². The fraction of sp³-hybridized carbons (Fsp3) is 0.148. The van der Waals surface area contributed by atoms with E-state index in [9.17, 15) is 23.2 Å². The van der Waals surface area contributed by atoms with E-state index in [4.69, 9.17) is 18.9 Å². The van der Waals surface area contributed by atoms with Gasteiger partial charge in [-0.3, -0.25) is 0 Å². The van der Waals surface area contributed by atoms with Crippen molar-refractivity contribution in [3.05, 3.63) is 95.5 Å². The number of benzene rings is 2. The summed E-state index contributed by atoms with van der Waals surface area (Å²) < 4.78 is 49.0. The van der Waals surface area contributed by atoms with Gasteiger partial charge in [-0.15, -0.1) is 0 Å². The molecule has 0 heterocycles.